The Labute approximate surface area is 466 Å². The Morgan fingerprint density at radius 2 is 0.908 bits per heavy atom. The summed E-state index contributed by atoms with van der Waals surface area (Å²) in [5.41, 5.74) is 0. The van der Waals surface area contributed by atoms with Gasteiger partial charge in [-0.25, -0.2) is 0 Å². The Balaban J connectivity index is 2.66. The highest BCUT2D eigenvalue weighted by Gasteiger charge is 2.47. The number of hydrogen-bond acceptors (Lipinski definition) is 10. The second-order valence-electron chi connectivity index (χ2n) is 22.2. The van der Waals surface area contributed by atoms with Crippen molar-refractivity contribution in [2.24, 2.45) is 0 Å². The first kappa shape index (κ1) is 71.6. The Bertz CT molecular complexity index is 1420. The van der Waals surface area contributed by atoms with Gasteiger partial charge in [-0.15, -0.1) is 0 Å². The summed E-state index contributed by atoms with van der Waals surface area (Å²) in [6, 6.07) is -1.03. The molecule has 0 aliphatic carbocycles. The van der Waals surface area contributed by atoms with E-state index in [1.807, 2.05) is 6.08 Å². The van der Waals surface area contributed by atoms with E-state index >= 15 is 0 Å². The molecule has 0 spiro atoms. The number of esters is 1. The molecule has 8 unspecified atom stereocenters. The number of ether oxygens (including phenoxy) is 3. The first-order valence-corrected chi connectivity index (χ1v) is 31.9. The first-order valence-electron chi connectivity index (χ1n) is 31.9. The molecule has 11 nitrogen and oxygen atoms in total. The zero-order chi connectivity index (χ0) is 55.4. The van der Waals surface area contributed by atoms with Gasteiger partial charge in [0, 0.05) is 6.42 Å². The van der Waals surface area contributed by atoms with Crippen LogP contribution in [0, 0.1) is 0 Å². The van der Waals surface area contributed by atoms with Gasteiger partial charge < -0.3 is 45.1 Å². The molecule has 76 heavy (non-hydrogen) atoms. The van der Waals surface area contributed by atoms with Crippen LogP contribution in [0.25, 0.3) is 0 Å². The minimum absolute atomic E-state index is 0.111. The van der Waals surface area contributed by atoms with E-state index in [1.165, 1.54) is 161 Å². The molecule has 0 aromatic heterocycles. The van der Waals surface area contributed by atoms with Crippen molar-refractivity contribution in [1.29, 1.82) is 0 Å². The molecule has 1 heterocycles. The van der Waals surface area contributed by atoms with Crippen molar-refractivity contribution in [3.63, 3.8) is 0 Å². The Hall–Kier alpha value is -2.38. The van der Waals surface area contributed by atoms with Crippen LogP contribution in [0.3, 0.4) is 0 Å². The summed E-state index contributed by atoms with van der Waals surface area (Å²) >= 11 is 0. The van der Waals surface area contributed by atoms with Crippen LogP contribution in [0.15, 0.2) is 48.6 Å². The number of rotatable bonds is 54. The van der Waals surface area contributed by atoms with Crippen LogP contribution in [-0.4, -0.2) is 99.6 Å². The molecule has 0 aromatic rings. The molecule has 8 atom stereocenters. The summed E-state index contributed by atoms with van der Waals surface area (Å²) in [5, 5.41) is 57.0. The van der Waals surface area contributed by atoms with Gasteiger partial charge in [-0.05, 0) is 77.0 Å². The van der Waals surface area contributed by atoms with Crippen LogP contribution in [-0.2, 0) is 23.8 Å². The van der Waals surface area contributed by atoms with Gasteiger partial charge in [0.05, 0.1) is 25.4 Å². The summed E-state index contributed by atoms with van der Waals surface area (Å²) in [7, 11) is 0. The predicted molar refractivity (Wildman–Crippen MR) is 315 cm³/mol. The van der Waals surface area contributed by atoms with Gasteiger partial charge in [0.15, 0.2) is 12.4 Å². The number of aliphatic hydroxyl groups excluding tert-OH is 5. The summed E-state index contributed by atoms with van der Waals surface area (Å²) < 4.78 is 17.6. The topological polar surface area (TPSA) is 175 Å². The largest absolute Gasteiger partial charge is 0.454 e. The summed E-state index contributed by atoms with van der Waals surface area (Å²) in [5.74, 6) is -1.20. The number of allylic oxidation sites excluding steroid dienone is 7. The van der Waals surface area contributed by atoms with Crippen molar-refractivity contribution in [3.8, 4) is 0 Å². The van der Waals surface area contributed by atoms with E-state index in [0.29, 0.717) is 19.3 Å². The van der Waals surface area contributed by atoms with Gasteiger partial charge in [0.25, 0.3) is 0 Å². The van der Waals surface area contributed by atoms with Crippen LogP contribution in [0.5, 0.6) is 0 Å². The lowest BCUT2D eigenvalue weighted by atomic mass is 9.99. The minimum atomic E-state index is -1.62. The summed E-state index contributed by atoms with van der Waals surface area (Å²) in [6.07, 6.45) is 54.3. The highest BCUT2D eigenvalue weighted by Crippen LogP contribution is 2.26. The molecule has 11 heteroatoms. The highest BCUT2D eigenvalue weighted by molar-refractivity contribution is 5.80. The summed E-state index contributed by atoms with van der Waals surface area (Å²) in [6.45, 7) is 5.76. The summed E-state index contributed by atoms with van der Waals surface area (Å²) in [4.78, 5) is 26.5. The third-order valence-corrected chi connectivity index (χ3v) is 15.0. The van der Waals surface area contributed by atoms with Crippen molar-refractivity contribution >= 4 is 11.9 Å². The number of unbranched alkanes of at least 4 members (excludes halogenated alkanes) is 35. The van der Waals surface area contributed by atoms with Crippen LogP contribution in [0.2, 0.25) is 0 Å². The fourth-order valence-corrected chi connectivity index (χ4v) is 9.87. The average molecular weight is 1070 g/mol. The van der Waals surface area contributed by atoms with E-state index < -0.39 is 67.4 Å². The molecule has 0 bridgehead atoms. The van der Waals surface area contributed by atoms with Gasteiger partial charge in [0.1, 0.15) is 24.4 Å². The maximum absolute atomic E-state index is 13.4. The molecule has 1 aliphatic heterocycles. The zero-order valence-electron chi connectivity index (χ0n) is 49.1. The van der Waals surface area contributed by atoms with E-state index in [9.17, 15) is 35.1 Å². The predicted octanol–water partition coefficient (Wildman–Crippen LogP) is 15.2. The van der Waals surface area contributed by atoms with Crippen molar-refractivity contribution in [3.05, 3.63) is 48.6 Å². The average Bonchev–Trinajstić information content (AvgIpc) is 3.42. The Morgan fingerprint density at radius 3 is 1.38 bits per heavy atom. The van der Waals surface area contributed by atoms with Crippen molar-refractivity contribution in [1.82, 2.24) is 5.32 Å². The van der Waals surface area contributed by atoms with Crippen molar-refractivity contribution in [2.75, 3.05) is 13.2 Å². The van der Waals surface area contributed by atoms with E-state index in [2.05, 4.69) is 62.5 Å². The first-order chi connectivity index (χ1) is 37.2. The lowest BCUT2D eigenvalue weighted by Gasteiger charge is -2.41. The smallest absolute Gasteiger partial charge is 0.306 e. The van der Waals surface area contributed by atoms with E-state index in [-0.39, 0.29) is 13.0 Å². The molecular formula is C65H119NO10. The lowest BCUT2D eigenvalue weighted by Crippen LogP contribution is -2.61. The van der Waals surface area contributed by atoms with Crippen LogP contribution in [0.1, 0.15) is 290 Å². The number of aliphatic hydroxyl groups is 5. The molecule has 6 N–H and O–H groups in total. The lowest BCUT2D eigenvalue weighted by molar-refractivity contribution is -0.305. The minimum Gasteiger partial charge on any atom is -0.454 e. The normalized spacial score (nSPS) is 19.4. The van der Waals surface area contributed by atoms with E-state index in [4.69, 9.17) is 14.2 Å². The molecule has 0 aromatic carbocycles. The van der Waals surface area contributed by atoms with Crippen LogP contribution < -0.4 is 5.32 Å². The quantitative estimate of drug-likeness (QED) is 0.0149. The maximum atomic E-state index is 13.4. The van der Waals surface area contributed by atoms with Gasteiger partial charge in [-0.2, -0.15) is 0 Å². The highest BCUT2D eigenvalue weighted by atomic mass is 16.7. The molecule has 444 valence electrons. The third-order valence-electron chi connectivity index (χ3n) is 15.0. The number of hydrogen-bond donors (Lipinski definition) is 6. The zero-order valence-corrected chi connectivity index (χ0v) is 49.1. The Morgan fingerprint density at radius 1 is 0.513 bits per heavy atom. The second kappa shape index (κ2) is 53.3. The van der Waals surface area contributed by atoms with Crippen molar-refractivity contribution < 1.29 is 49.3 Å². The van der Waals surface area contributed by atoms with Crippen molar-refractivity contribution in [2.45, 2.75) is 339 Å². The molecule has 0 saturated carbocycles. The third kappa shape index (κ3) is 40.8. The molecule has 1 aliphatic rings. The molecule has 1 fully saturated rings. The second-order valence-corrected chi connectivity index (χ2v) is 22.2. The van der Waals surface area contributed by atoms with E-state index in [1.54, 1.807) is 6.08 Å². The standard InChI is InChI=1S/C65H119NO10/c1-4-7-10-13-16-19-22-25-27-28-29-30-31-33-34-37-40-43-46-49-52-58(69)64(73)66-56(57(68)51-48-45-42-39-36-24-21-18-15-12-9-6-3)55-74-65-63(62(72)61(71)59(54-67)75-65)76-60(70)53-50-47-44-41-38-35-32-26-23-20-17-14-11-8-5-2/h17,20,23,25-27,48,51,56-59,61-63,65,67-69,71-72H,4-16,18-19,21-22,24,28-47,49-50,52-55H2,1-3H3,(H,66,73)/b20-17+,26-23+,27-25+,51-48+. The number of carbonyl (C=O) groups is 2. The van der Waals surface area contributed by atoms with Crippen LogP contribution in [0.4, 0.5) is 0 Å². The maximum Gasteiger partial charge on any atom is 0.306 e. The molecule has 0 radical (unpaired) electrons. The molecule has 1 rings (SSSR count). The van der Waals surface area contributed by atoms with E-state index in [0.717, 1.165) is 83.5 Å². The number of carbonyl (C=O) groups excluding carboxylic acids is 2. The Kier molecular flexibility index (Phi) is 50.2. The number of amides is 1. The van der Waals surface area contributed by atoms with Gasteiger partial charge in [-0.3, -0.25) is 9.59 Å². The monoisotopic (exact) mass is 1070 g/mol. The molecular weight excluding hydrogens is 955 g/mol. The fourth-order valence-electron chi connectivity index (χ4n) is 9.87. The fraction of sp³-hybridized carbons (Fsp3) is 0.846. The SMILES string of the molecule is CCCCC/C=C/C=C/CCCCCCCCC(=O)OC1C(OCC(NC(=O)C(O)CCCCCCCCCCCC/C=C/CCCCCCCC)C(O)/C=C/CCCCCCCCCCCC)OC(CO)C(O)C1O. The molecule has 1 saturated heterocycles. The van der Waals surface area contributed by atoms with Gasteiger partial charge >= 0.3 is 5.97 Å². The molecule has 1 amide bonds. The number of nitrogens with one attached hydrogen (secondary N) is 1. The van der Waals surface area contributed by atoms with Gasteiger partial charge in [-0.1, -0.05) is 256 Å². The van der Waals surface area contributed by atoms with Crippen LogP contribution >= 0.6 is 0 Å². The van der Waals surface area contributed by atoms with Gasteiger partial charge in [0.2, 0.25) is 5.91 Å².